The molecule has 0 amide bonds. The summed E-state index contributed by atoms with van der Waals surface area (Å²) in [5, 5.41) is 18.1. The number of nitrogens with one attached hydrogen (secondary N) is 1. The Morgan fingerprint density at radius 1 is 1.30 bits per heavy atom. The Labute approximate surface area is 138 Å². The second kappa shape index (κ2) is 7.62. The number of aliphatic hydroxyl groups is 1. The van der Waals surface area contributed by atoms with E-state index in [-0.39, 0.29) is 6.10 Å². The van der Waals surface area contributed by atoms with Crippen LogP contribution in [0.5, 0.6) is 5.75 Å². The van der Waals surface area contributed by atoms with Gasteiger partial charge in [-0.3, -0.25) is 4.68 Å². The fourth-order valence-corrected chi connectivity index (χ4v) is 2.59. The first-order valence-electron chi connectivity index (χ1n) is 8.03. The van der Waals surface area contributed by atoms with E-state index in [0.29, 0.717) is 13.1 Å². The van der Waals surface area contributed by atoms with Crippen LogP contribution in [0.25, 0.3) is 0 Å². The summed E-state index contributed by atoms with van der Waals surface area (Å²) in [6, 6.07) is 7.63. The van der Waals surface area contributed by atoms with Gasteiger partial charge in [0.2, 0.25) is 0 Å². The molecule has 0 aliphatic rings. The number of rotatable bonds is 7. The number of aliphatic hydroxyl groups excluding tert-OH is 1. The van der Waals surface area contributed by atoms with E-state index in [1.54, 1.807) is 0 Å². The van der Waals surface area contributed by atoms with Gasteiger partial charge in [0.15, 0.2) is 0 Å². The molecule has 23 heavy (non-hydrogen) atoms. The van der Waals surface area contributed by atoms with Crippen LogP contribution in [0.3, 0.4) is 0 Å². The molecule has 2 aromatic rings. The van der Waals surface area contributed by atoms with Gasteiger partial charge in [0.05, 0.1) is 17.9 Å². The van der Waals surface area contributed by atoms with Crippen molar-refractivity contribution < 1.29 is 9.84 Å². The highest BCUT2D eigenvalue weighted by molar-refractivity contribution is 5.30. The van der Waals surface area contributed by atoms with Gasteiger partial charge >= 0.3 is 0 Å². The van der Waals surface area contributed by atoms with Crippen molar-refractivity contribution in [2.75, 3.05) is 6.54 Å². The van der Waals surface area contributed by atoms with Crippen molar-refractivity contribution in [2.24, 2.45) is 7.05 Å². The quantitative estimate of drug-likeness (QED) is 0.824. The number of ether oxygens (including phenoxy) is 1. The Morgan fingerprint density at radius 3 is 2.65 bits per heavy atom. The van der Waals surface area contributed by atoms with E-state index >= 15 is 0 Å². The first-order chi connectivity index (χ1) is 10.9. The lowest BCUT2D eigenvalue weighted by atomic mass is 10.1. The monoisotopic (exact) mass is 317 g/mol. The van der Waals surface area contributed by atoms with E-state index in [0.717, 1.165) is 22.7 Å². The van der Waals surface area contributed by atoms with Gasteiger partial charge < -0.3 is 15.2 Å². The van der Waals surface area contributed by atoms with Gasteiger partial charge in [0.25, 0.3) is 0 Å². The van der Waals surface area contributed by atoms with E-state index in [1.807, 2.05) is 56.8 Å². The number of benzene rings is 1. The Hall–Kier alpha value is -1.85. The van der Waals surface area contributed by atoms with Crippen molar-refractivity contribution in [2.45, 2.75) is 46.4 Å². The lowest BCUT2D eigenvalue weighted by molar-refractivity contribution is 0.173. The summed E-state index contributed by atoms with van der Waals surface area (Å²) < 4.78 is 7.55. The molecular formula is C18H27N3O2. The predicted octanol–water partition coefficient (Wildman–Crippen LogP) is 2.65. The van der Waals surface area contributed by atoms with Crippen molar-refractivity contribution in [3.63, 3.8) is 0 Å². The Balaban J connectivity index is 1.93. The molecule has 1 aromatic heterocycles. The molecule has 1 aromatic carbocycles. The molecule has 1 unspecified atom stereocenters. The lowest BCUT2D eigenvalue weighted by Gasteiger charge is -2.15. The predicted molar refractivity (Wildman–Crippen MR) is 91.6 cm³/mol. The fourth-order valence-electron chi connectivity index (χ4n) is 2.59. The third-order valence-corrected chi connectivity index (χ3v) is 3.91. The van der Waals surface area contributed by atoms with Gasteiger partial charge in [0, 0.05) is 31.4 Å². The summed E-state index contributed by atoms with van der Waals surface area (Å²) in [6.07, 6.45) is -0.444. The highest BCUT2D eigenvalue weighted by Crippen LogP contribution is 2.20. The van der Waals surface area contributed by atoms with Crippen LogP contribution in [0.2, 0.25) is 0 Å². The minimum Gasteiger partial charge on any atom is -0.491 e. The number of nitrogens with zero attached hydrogens (tertiary/aromatic N) is 2. The Bertz CT molecular complexity index is 650. The van der Waals surface area contributed by atoms with Crippen LogP contribution in [0.1, 0.15) is 42.5 Å². The van der Waals surface area contributed by atoms with Gasteiger partial charge in [-0.1, -0.05) is 12.1 Å². The normalized spacial score (nSPS) is 12.7. The molecule has 0 aliphatic heterocycles. The summed E-state index contributed by atoms with van der Waals surface area (Å²) in [5.41, 5.74) is 4.23. The van der Waals surface area contributed by atoms with Crippen molar-refractivity contribution in [1.29, 1.82) is 0 Å². The smallest absolute Gasteiger partial charge is 0.120 e. The zero-order valence-electron chi connectivity index (χ0n) is 14.6. The van der Waals surface area contributed by atoms with E-state index in [4.69, 9.17) is 4.74 Å². The molecule has 1 atom stereocenters. The summed E-state index contributed by atoms with van der Waals surface area (Å²) in [6.45, 7) is 9.23. The second-order valence-corrected chi connectivity index (χ2v) is 6.16. The zero-order chi connectivity index (χ0) is 17.0. The van der Waals surface area contributed by atoms with E-state index in [1.165, 1.54) is 5.56 Å². The van der Waals surface area contributed by atoms with Gasteiger partial charge in [-0.05, 0) is 45.4 Å². The number of aromatic nitrogens is 2. The first kappa shape index (κ1) is 17.5. The largest absolute Gasteiger partial charge is 0.491 e. The van der Waals surface area contributed by atoms with Crippen LogP contribution >= 0.6 is 0 Å². The highest BCUT2D eigenvalue weighted by atomic mass is 16.5. The summed E-state index contributed by atoms with van der Waals surface area (Å²) in [4.78, 5) is 0. The van der Waals surface area contributed by atoms with Crippen molar-refractivity contribution in [1.82, 2.24) is 15.1 Å². The SMILES string of the molecule is Cc1nn(C)c(C)c1CNCC(O)c1cccc(OC(C)C)c1. The fraction of sp³-hybridized carbons (Fsp3) is 0.500. The van der Waals surface area contributed by atoms with Gasteiger partial charge in [-0.15, -0.1) is 0 Å². The molecular weight excluding hydrogens is 290 g/mol. The molecule has 5 nitrogen and oxygen atoms in total. The first-order valence-corrected chi connectivity index (χ1v) is 8.03. The molecule has 126 valence electrons. The van der Waals surface area contributed by atoms with Crippen LogP contribution in [0.15, 0.2) is 24.3 Å². The second-order valence-electron chi connectivity index (χ2n) is 6.16. The van der Waals surface area contributed by atoms with Crippen LogP contribution < -0.4 is 10.1 Å². The molecule has 5 heteroatoms. The lowest BCUT2D eigenvalue weighted by Crippen LogP contribution is -2.21. The summed E-state index contributed by atoms with van der Waals surface area (Å²) >= 11 is 0. The van der Waals surface area contributed by atoms with Crippen molar-refractivity contribution in [3.8, 4) is 5.75 Å². The molecule has 2 rings (SSSR count). The maximum absolute atomic E-state index is 10.4. The minimum absolute atomic E-state index is 0.122. The van der Waals surface area contributed by atoms with E-state index < -0.39 is 6.10 Å². The molecule has 0 saturated carbocycles. The molecule has 1 heterocycles. The molecule has 0 bridgehead atoms. The van der Waals surface area contributed by atoms with E-state index in [2.05, 4.69) is 17.3 Å². The maximum atomic E-state index is 10.4. The third-order valence-electron chi connectivity index (χ3n) is 3.91. The molecule has 0 fully saturated rings. The molecule has 0 spiro atoms. The summed E-state index contributed by atoms with van der Waals surface area (Å²) in [7, 11) is 1.95. The molecule has 0 aliphatic carbocycles. The minimum atomic E-state index is -0.567. The average Bonchev–Trinajstić information content (AvgIpc) is 2.73. The van der Waals surface area contributed by atoms with Crippen LogP contribution in [0.4, 0.5) is 0 Å². The van der Waals surface area contributed by atoms with Gasteiger partial charge in [0.1, 0.15) is 5.75 Å². The van der Waals surface area contributed by atoms with Crippen LogP contribution in [-0.2, 0) is 13.6 Å². The van der Waals surface area contributed by atoms with Crippen LogP contribution in [0, 0.1) is 13.8 Å². The Morgan fingerprint density at radius 2 is 2.04 bits per heavy atom. The van der Waals surface area contributed by atoms with E-state index in [9.17, 15) is 5.11 Å². The third kappa shape index (κ3) is 4.56. The highest BCUT2D eigenvalue weighted by Gasteiger charge is 2.12. The van der Waals surface area contributed by atoms with Crippen molar-refractivity contribution >= 4 is 0 Å². The van der Waals surface area contributed by atoms with Crippen LogP contribution in [-0.4, -0.2) is 27.5 Å². The number of aryl methyl sites for hydroxylation is 2. The average molecular weight is 317 g/mol. The van der Waals surface area contributed by atoms with Gasteiger partial charge in [-0.25, -0.2) is 0 Å². The maximum Gasteiger partial charge on any atom is 0.120 e. The molecule has 2 N–H and O–H groups in total. The van der Waals surface area contributed by atoms with Crippen molar-refractivity contribution in [3.05, 3.63) is 46.8 Å². The standard InChI is InChI=1S/C18H27N3O2/c1-12(2)23-16-8-6-7-15(9-16)18(22)11-19-10-17-13(3)20-21(5)14(17)4/h6-9,12,18-19,22H,10-11H2,1-5H3. The Kier molecular flexibility index (Phi) is 5.80. The molecule has 0 saturated heterocycles. The van der Waals surface area contributed by atoms with Gasteiger partial charge in [-0.2, -0.15) is 5.10 Å². The number of hydrogen-bond donors (Lipinski definition) is 2. The summed E-state index contributed by atoms with van der Waals surface area (Å²) in [5.74, 6) is 0.787. The molecule has 0 radical (unpaired) electrons. The zero-order valence-corrected chi connectivity index (χ0v) is 14.6. The number of hydrogen-bond acceptors (Lipinski definition) is 4. The topological polar surface area (TPSA) is 59.3 Å².